The van der Waals surface area contributed by atoms with Crippen LogP contribution in [0.2, 0.25) is 0 Å². The summed E-state index contributed by atoms with van der Waals surface area (Å²) in [4.78, 5) is 35.0. The molecule has 1 N–H and O–H groups in total. The number of nitro groups is 1. The second-order valence-electron chi connectivity index (χ2n) is 6.71. The van der Waals surface area contributed by atoms with E-state index in [2.05, 4.69) is 26.5 Å². The lowest BCUT2D eigenvalue weighted by molar-refractivity contribution is -0.384. The van der Waals surface area contributed by atoms with Crippen molar-refractivity contribution in [2.24, 2.45) is 5.10 Å². The van der Waals surface area contributed by atoms with Crippen molar-refractivity contribution in [3.63, 3.8) is 0 Å². The van der Waals surface area contributed by atoms with Gasteiger partial charge in [-0.15, -0.1) is 0 Å². The van der Waals surface area contributed by atoms with E-state index in [1.807, 2.05) is 0 Å². The number of methoxy groups -OCH3 is 1. The topological polar surface area (TPSA) is 120 Å². The Kier molecular flexibility index (Phi) is 8.25. The molecule has 172 valence electrons. The maximum atomic E-state index is 12.3. The van der Waals surface area contributed by atoms with Gasteiger partial charge in [-0.2, -0.15) is 5.10 Å². The van der Waals surface area contributed by atoms with Gasteiger partial charge in [-0.3, -0.25) is 14.9 Å². The fraction of sp³-hybridized carbons (Fsp3) is 0.0417. The lowest BCUT2D eigenvalue weighted by Gasteiger charge is -2.06. The standard InChI is InChI=1S/C24H18BrN3O6/c1-33-21-10-2-16(3-11-21)4-13-23(29)34-22-12-9-20(28(31)32)14-18(22)15-26-27-24(30)17-5-7-19(25)8-6-17/h2-15H,1H3,(H,27,30)/b13-4+,26-15+. The molecule has 0 unspecified atom stereocenters. The van der Waals surface area contributed by atoms with Gasteiger partial charge in [0.2, 0.25) is 0 Å². The normalized spacial score (nSPS) is 10.9. The van der Waals surface area contributed by atoms with Crippen molar-refractivity contribution in [3.8, 4) is 11.5 Å². The summed E-state index contributed by atoms with van der Waals surface area (Å²) in [5.74, 6) is -0.452. The fourth-order valence-electron chi connectivity index (χ4n) is 2.69. The molecule has 0 heterocycles. The van der Waals surface area contributed by atoms with Gasteiger partial charge in [0, 0.05) is 33.8 Å². The minimum atomic E-state index is -0.696. The van der Waals surface area contributed by atoms with Gasteiger partial charge in [-0.05, 0) is 54.1 Å². The fourth-order valence-corrected chi connectivity index (χ4v) is 2.96. The van der Waals surface area contributed by atoms with Gasteiger partial charge in [0.05, 0.1) is 18.2 Å². The minimum Gasteiger partial charge on any atom is -0.497 e. The number of halogens is 1. The maximum Gasteiger partial charge on any atom is 0.336 e. The Bertz CT molecular complexity index is 1250. The Morgan fingerprint density at radius 1 is 1.06 bits per heavy atom. The number of rotatable bonds is 8. The second kappa shape index (κ2) is 11.5. The molecule has 10 heteroatoms. The number of nitrogens with one attached hydrogen (secondary N) is 1. The highest BCUT2D eigenvalue weighted by Gasteiger charge is 2.13. The van der Waals surface area contributed by atoms with Crippen molar-refractivity contribution >= 4 is 45.8 Å². The Labute approximate surface area is 203 Å². The maximum absolute atomic E-state index is 12.3. The van der Waals surface area contributed by atoms with E-state index >= 15 is 0 Å². The zero-order chi connectivity index (χ0) is 24.5. The van der Waals surface area contributed by atoms with Gasteiger partial charge in [0.25, 0.3) is 11.6 Å². The summed E-state index contributed by atoms with van der Waals surface area (Å²) < 4.78 is 11.2. The number of nitro benzene ring substituents is 1. The summed E-state index contributed by atoms with van der Waals surface area (Å²) in [6.07, 6.45) is 3.94. The molecule has 0 fully saturated rings. The molecular weight excluding hydrogens is 506 g/mol. The number of nitrogens with zero attached hydrogens (tertiary/aromatic N) is 2. The number of carbonyl (C=O) groups excluding carboxylic acids is 2. The zero-order valence-corrected chi connectivity index (χ0v) is 19.4. The summed E-state index contributed by atoms with van der Waals surface area (Å²) in [5, 5.41) is 15.0. The van der Waals surface area contributed by atoms with Gasteiger partial charge in [0.15, 0.2) is 0 Å². The lowest BCUT2D eigenvalue weighted by Crippen LogP contribution is -2.17. The molecule has 0 spiro atoms. The van der Waals surface area contributed by atoms with Crippen LogP contribution < -0.4 is 14.9 Å². The van der Waals surface area contributed by atoms with Gasteiger partial charge in [0.1, 0.15) is 11.5 Å². The number of benzene rings is 3. The van der Waals surface area contributed by atoms with Gasteiger partial charge in [-0.25, -0.2) is 10.2 Å². The first-order valence-electron chi connectivity index (χ1n) is 9.77. The number of hydrazone groups is 1. The van der Waals surface area contributed by atoms with E-state index < -0.39 is 16.8 Å². The van der Waals surface area contributed by atoms with Crippen molar-refractivity contribution in [1.82, 2.24) is 5.43 Å². The number of non-ortho nitro benzene ring substituents is 1. The van der Waals surface area contributed by atoms with Crippen LogP contribution >= 0.6 is 15.9 Å². The Hall–Kier alpha value is -4.31. The molecule has 34 heavy (non-hydrogen) atoms. The molecule has 0 saturated carbocycles. The summed E-state index contributed by atoms with van der Waals surface area (Å²) in [6.45, 7) is 0. The van der Waals surface area contributed by atoms with Crippen molar-refractivity contribution in [2.75, 3.05) is 7.11 Å². The summed E-state index contributed by atoms with van der Waals surface area (Å²) >= 11 is 3.29. The molecule has 0 radical (unpaired) electrons. The predicted octanol–water partition coefficient (Wildman–Crippen LogP) is 4.75. The van der Waals surface area contributed by atoms with Crippen LogP contribution in [0.1, 0.15) is 21.5 Å². The smallest absolute Gasteiger partial charge is 0.336 e. The van der Waals surface area contributed by atoms with Crippen molar-refractivity contribution in [1.29, 1.82) is 0 Å². The van der Waals surface area contributed by atoms with Crippen molar-refractivity contribution < 1.29 is 24.0 Å². The van der Waals surface area contributed by atoms with Crippen LogP contribution in [0.3, 0.4) is 0 Å². The van der Waals surface area contributed by atoms with E-state index in [1.165, 1.54) is 30.5 Å². The number of carbonyl (C=O) groups is 2. The molecule has 3 aromatic rings. The van der Waals surface area contributed by atoms with Gasteiger partial charge in [-0.1, -0.05) is 28.1 Å². The molecule has 1 amide bonds. The van der Waals surface area contributed by atoms with Crippen LogP contribution in [0.25, 0.3) is 6.08 Å². The molecule has 0 bridgehead atoms. The number of esters is 1. The molecule has 3 aromatic carbocycles. The number of hydrogen-bond donors (Lipinski definition) is 1. The van der Waals surface area contributed by atoms with Crippen LogP contribution in [0, 0.1) is 10.1 Å². The highest BCUT2D eigenvalue weighted by Crippen LogP contribution is 2.23. The minimum absolute atomic E-state index is 0.0385. The van der Waals surface area contributed by atoms with Crippen LogP contribution in [-0.4, -0.2) is 30.1 Å². The monoisotopic (exact) mass is 523 g/mol. The molecule has 9 nitrogen and oxygen atoms in total. The van der Waals surface area contributed by atoms with E-state index in [0.717, 1.165) is 10.0 Å². The molecule has 0 saturated heterocycles. The molecule has 3 rings (SSSR count). The predicted molar refractivity (Wildman–Crippen MR) is 130 cm³/mol. The van der Waals surface area contributed by atoms with Crippen LogP contribution in [0.5, 0.6) is 11.5 Å². The Morgan fingerprint density at radius 2 is 1.76 bits per heavy atom. The zero-order valence-electron chi connectivity index (χ0n) is 17.8. The average Bonchev–Trinajstić information content (AvgIpc) is 2.84. The molecular formula is C24H18BrN3O6. The summed E-state index contributed by atoms with van der Waals surface area (Å²) in [7, 11) is 1.56. The Morgan fingerprint density at radius 3 is 2.41 bits per heavy atom. The van der Waals surface area contributed by atoms with Crippen LogP contribution in [0.15, 0.2) is 82.4 Å². The number of hydrogen-bond acceptors (Lipinski definition) is 7. The SMILES string of the molecule is COc1ccc(/C=C/C(=O)Oc2ccc([N+](=O)[O-])cc2/C=N/NC(=O)c2ccc(Br)cc2)cc1. The summed E-state index contributed by atoms with van der Waals surface area (Å²) in [6, 6.07) is 17.3. The highest BCUT2D eigenvalue weighted by atomic mass is 79.9. The number of ether oxygens (including phenoxy) is 2. The third kappa shape index (κ3) is 6.84. The van der Waals surface area contributed by atoms with E-state index in [-0.39, 0.29) is 17.0 Å². The largest absolute Gasteiger partial charge is 0.497 e. The van der Waals surface area contributed by atoms with Crippen LogP contribution in [-0.2, 0) is 4.79 Å². The first-order chi connectivity index (χ1) is 16.4. The first-order valence-corrected chi connectivity index (χ1v) is 10.6. The third-order valence-electron chi connectivity index (χ3n) is 4.42. The first kappa shape index (κ1) is 24.3. The molecule has 0 aliphatic heterocycles. The molecule has 0 aliphatic rings. The van der Waals surface area contributed by atoms with Crippen molar-refractivity contribution in [3.05, 3.63) is 104 Å². The van der Waals surface area contributed by atoms with Crippen LogP contribution in [0.4, 0.5) is 5.69 Å². The van der Waals surface area contributed by atoms with E-state index in [9.17, 15) is 19.7 Å². The highest BCUT2D eigenvalue weighted by molar-refractivity contribution is 9.10. The molecule has 0 atom stereocenters. The average molecular weight is 524 g/mol. The van der Waals surface area contributed by atoms with E-state index in [1.54, 1.807) is 61.7 Å². The third-order valence-corrected chi connectivity index (χ3v) is 4.95. The van der Waals surface area contributed by atoms with Gasteiger partial charge < -0.3 is 9.47 Å². The van der Waals surface area contributed by atoms with Crippen molar-refractivity contribution in [2.45, 2.75) is 0 Å². The quantitative estimate of drug-likeness (QED) is 0.113. The molecule has 0 aliphatic carbocycles. The molecule has 0 aromatic heterocycles. The van der Waals surface area contributed by atoms with E-state index in [0.29, 0.717) is 11.3 Å². The Balaban J connectivity index is 1.73. The van der Waals surface area contributed by atoms with E-state index in [4.69, 9.17) is 9.47 Å². The lowest BCUT2D eigenvalue weighted by atomic mass is 10.2. The second-order valence-corrected chi connectivity index (χ2v) is 7.63. The number of amides is 1. The summed E-state index contributed by atoms with van der Waals surface area (Å²) in [5.41, 5.74) is 3.36. The van der Waals surface area contributed by atoms with Gasteiger partial charge >= 0.3 is 5.97 Å².